The summed E-state index contributed by atoms with van der Waals surface area (Å²) >= 11 is 0. The molecule has 23 heteroatoms. The minimum atomic E-state index is -3.51. The number of carbonyl (C=O) groups excluding carboxylic acids is 8. The summed E-state index contributed by atoms with van der Waals surface area (Å²) in [6.07, 6.45) is -17.0. The standard InChI is InChI=1S/C68H118O23/c1-9-17-25-27-35-43-57(77)88-64-62(86-55(75)41-33-23-15-7)60(84-53(73)39-31-21-13-5)49(46-81-51(71)37-29-19-11-3)83-67(64)91-68(65(80)59(79)48(70)45-69)66(89-58(78)44-36-28-26-18-10-2)63(87-56(76)42-34-24-16-8)61(85-54(74)40-32-22-14-6)50(90-68)47-82-52(72)38-30-20-12-4/h48-50,59-67,69-70,79-80H,9-47H2,1-8H3/t48-,49+,50+,59+,60+,61+,62-,63-,64-,65?,66-,67?,68?/m0/s1/i43D,44D/t43?,44?,48-,49+,50+,59+,60+,61+,62-,63-,64-,65?,66-,67?,68?. The van der Waals surface area contributed by atoms with Gasteiger partial charge in [-0.25, -0.2) is 0 Å². The van der Waals surface area contributed by atoms with Gasteiger partial charge < -0.3 is 72.5 Å². The van der Waals surface area contributed by atoms with E-state index < -0.39 is 160 Å². The average molecular weight is 1310 g/mol. The monoisotopic (exact) mass is 1300 g/mol. The number of carbonyl (C=O) groups is 8. The van der Waals surface area contributed by atoms with Crippen LogP contribution in [0.1, 0.15) is 289 Å². The van der Waals surface area contributed by atoms with Crippen LogP contribution in [0.25, 0.3) is 0 Å². The lowest BCUT2D eigenvalue weighted by Crippen LogP contribution is -2.76. The van der Waals surface area contributed by atoms with E-state index in [0.717, 1.165) is 38.5 Å². The van der Waals surface area contributed by atoms with Crippen molar-refractivity contribution in [2.45, 2.75) is 366 Å². The summed E-state index contributed by atoms with van der Waals surface area (Å²) in [4.78, 5) is 114. The van der Waals surface area contributed by atoms with Crippen molar-refractivity contribution in [3.8, 4) is 0 Å². The molecule has 5 unspecified atom stereocenters. The van der Waals surface area contributed by atoms with Gasteiger partial charge >= 0.3 is 47.8 Å². The molecule has 0 aromatic rings. The van der Waals surface area contributed by atoms with Crippen LogP contribution in [0.15, 0.2) is 0 Å². The van der Waals surface area contributed by atoms with Crippen molar-refractivity contribution < 1.29 is 114 Å². The highest BCUT2D eigenvalue weighted by Gasteiger charge is 2.68. The first-order valence-electron chi connectivity index (χ1n) is 35.8. The molecule has 0 aromatic carbocycles. The fraction of sp³-hybridized carbons (Fsp3) is 0.882. The third-order valence-electron chi connectivity index (χ3n) is 16.0. The quantitative estimate of drug-likeness (QED) is 0.0250. The second-order valence-corrected chi connectivity index (χ2v) is 24.0. The van der Waals surface area contributed by atoms with Crippen molar-refractivity contribution in [1.29, 1.82) is 0 Å². The molecule has 23 nitrogen and oxygen atoms in total. The van der Waals surface area contributed by atoms with Crippen molar-refractivity contribution in [2.75, 3.05) is 19.8 Å². The number of ether oxygens (including phenoxy) is 11. The molecule has 2 rings (SSSR count). The van der Waals surface area contributed by atoms with Gasteiger partial charge in [-0.3, -0.25) is 38.4 Å². The van der Waals surface area contributed by atoms with Gasteiger partial charge in [-0.2, -0.15) is 0 Å². The van der Waals surface area contributed by atoms with Crippen LogP contribution in [0, 0.1) is 0 Å². The molecular weight excluding hydrogens is 1180 g/mol. The van der Waals surface area contributed by atoms with E-state index in [9.17, 15) is 58.8 Å². The molecule has 91 heavy (non-hydrogen) atoms. The Morgan fingerprint density at radius 3 is 1.13 bits per heavy atom. The number of hydrogen-bond acceptors (Lipinski definition) is 23. The molecule has 2 aliphatic heterocycles. The van der Waals surface area contributed by atoms with Gasteiger partial charge in [0, 0.05) is 54.1 Å². The largest absolute Gasteiger partial charge is 0.463 e. The average Bonchev–Trinajstić information content (AvgIpc) is 0.731. The molecule has 0 amide bonds. The van der Waals surface area contributed by atoms with Gasteiger partial charge in [-0.05, 0) is 51.4 Å². The first-order valence-corrected chi connectivity index (χ1v) is 34.7. The topological polar surface area (TPSA) is 319 Å². The molecule has 0 bridgehead atoms. The van der Waals surface area contributed by atoms with Crippen LogP contribution >= 0.6 is 0 Å². The maximum Gasteiger partial charge on any atom is 0.306 e. The smallest absolute Gasteiger partial charge is 0.306 e. The highest BCUT2D eigenvalue weighted by atomic mass is 16.8. The number of hydrogen-bond donors (Lipinski definition) is 4. The summed E-state index contributed by atoms with van der Waals surface area (Å²) in [7, 11) is 0. The predicted octanol–water partition coefficient (Wildman–Crippen LogP) is 10.7. The minimum Gasteiger partial charge on any atom is -0.463 e. The lowest BCUT2D eigenvalue weighted by molar-refractivity contribution is -0.446. The summed E-state index contributed by atoms with van der Waals surface area (Å²) < 4.78 is 87.8. The highest BCUT2D eigenvalue weighted by Crippen LogP contribution is 2.44. The fourth-order valence-electron chi connectivity index (χ4n) is 10.6. The number of aliphatic hydroxyl groups is 4. The van der Waals surface area contributed by atoms with Crippen LogP contribution in [-0.2, 0) is 90.5 Å². The number of rotatable bonds is 52. The maximum absolute atomic E-state index is 14.9. The molecule has 528 valence electrons. The van der Waals surface area contributed by atoms with Crippen molar-refractivity contribution in [3.05, 3.63) is 0 Å². The van der Waals surface area contributed by atoms with Gasteiger partial charge in [-0.1, -0.05) is 184 Å². The Balaban J connectivity index is 3.49. The molecule has 2 heterocycles. The second kappa shape index (κ2) is 49.1. The Morgan fingerprint density at radius 1 is 0.396 bits per heavy atom. The van der Waals surface area contributed by atoms with Gasteiger partial charge in [0.15, 0.2) is 36.6 Å². The van der Waals surface area contributed by atoms with Crippen LogP contribution in [0.2, 0.25) is 0 Å². The normalized spacial score (nSPS) is 24.2. The van der Waals surface area contributed by atoms with E-state index in [2.05, 4.69) is 0 Å². The van der Waals surface area contributed by atoms with Crippen molar-refractivity contribution in [2.24, 2.45) is 0 Å². The van der Waals surface area contributed by atoms with Crippen molar-refractivity contribution in [3.63, 3.8) is 0 Å². The molecule has 2 saturated heterocycles. The summed E-state index contributed by atoms with van der Waals surface area (Å²) in [6.45, 7) is 12.4. The van der Waals surface area contributed by atoms with Gasteiger partial charge in [0.2, 0.25) is 12.1 Å². The number of esters is 8. The van der Waals surface area contributed by atoms with E-state index in [1.165, 1.54) is 0 Å². The second-order valence-electron chi connectivity index (χ2n) is 24.0. The molecule has 2 aliphatic rings. The van der Waals surface area contributed by atoms with Crippen LogP contribution in [0.4, 0.5) is 0 Å². The van der Waals surface area contributed by atoms with E-state index in [1.54, 1.807) is 0 Å². The van der Waals surface area contributed by atoms with E-state index >= 15 is 0 Å². The Kier molecular flexibility index (Phi) is 42.6. The van der Waals surface area contributed by atoms with E-state index in [4.69, 9.17) is 54.8 Å². The van der Waals surface area contributed by atoms with Crippen LogP contribution in [-0.4, -0.2) is 167 Å². The SMILES string of the molecule is [2H]C(CCCCCC)C(=O)O[C@@H]1C(OC2(C(O)[C@H](O)[C@@H](O)CO)O[C@H](COC(=O)CCCCC)[C@@H](OC(=O)CCCCC)[C@H](OC(=O)CCCCC)[C@@H]2OC(=O)C([2H])CCCCCC)O[C@H](COC(=O)CCCCC)[C@@H](OC(=O)CCCCC)[C@@H]1OC(=O)CCCCC. The molecule has 2 fully saturated rings. The fourth-order valence-corrected chi connectivity index (χ4v) is 10.6. The van der Waals surface area contributed by atoms with E-state index in [-0.39, 0.29) is 57.8 Å². The third kappa shape index (κ3) is 31.5. The molecule has 4 N–H and O–H groups in total. The third-order valence-corrected chi connectivity index (χ3v) is 16.0. The number of aliphatic hydroxyl groups excluding tert-OH is 4. The predicted molar refractivity (Wildman–Crippen MR) is 335 cm³/mol. The first-order chi connectivity index (χ1) is 44.7. The first kappa shape index (κ1) is 78.9. The Hall–Kier alpha value is -4.52. The van der Waals surface area contributed by atoms with Gasteiger partial charge in [-0.15, -0.1) is 0 Å². The Labute approximate surface area is 545 Å². The zero-order valence-corrected chi connectivity index (χ0v) is 56.3. The van der Waals surface area contributed by atoms with Gasteiger partial charge in [0.05, 0.1) is 6.61 Å². The van der Waals surface area contributed by atoms with Crippen LogP contribution in [0.3, 0.4) is 0 Å². The molecule has 0 spiro atoms. The zero-order chi connectivity index (χ0) is 69.1. The Bertz CT molecular complexity index is 2120. The molecule has 0 aliphatic carbocycles. The van der Waals surface area contributed by atoms with E-state index in [1.807, 2.05) is 55.4 Å². The van der Waals surface area contributed by atoms with E-state index in [0.29, 0.717) is 122 Å². The maximum atomic E-state index is 14.9. The minimum absolute atomic E-state index is 0.0453. The molecule has 15 atom stereocenters. The molecule has 0 saturated carbocycles. The summed E-state index contributed by atoms with van der Waals surface area (Å²) in [5.74, 6) is -11.3. The zero-order valence-electron chi connectivity index (χ0n) is 58.3. The number of unbranched alkanes of at least 4 members (excludes halogenated alkanes) is 18. The molecule has 0 radical (unpaired) electrons. The summed E-state index contributed by atoms with van der Waals surface area (Å²) in [6, 6.07) is 0. The summed E-state index contributed by atoms with van der Waals surface area (Å²) in [5.41, 5.74) is 0. The molecular formula is C68H118O23. The van der Waals surface area contributed by atoms with Crippen LogP contribution < -0.4 is 0 Å². The lowest BCUT2D eigenvalue weighted by atomic mass is 9.85. The Morgan fingerprint density at radius 2 is 0.725 bits per heavy atom. The van der Waals surface area contributed by atoms with Crippen molar-refractivity contribution >= 4 is 47.8 Å². The van der Waals surface area contributed by atoms with Crippen LogP contribution in [0.5, 0.6) is 0 Å². The molecule has 0 aromatic heterocycles. The van der Waals surface area contributed by atoms with Gasteiger partial charge in [0.1, 0.15) is 43.7 Å². The summed E-state index contributed by atoms with van der Waals surface area (Å²) in [5, 5.41) is 47.3. The lowest BCUT2D eigenvalue weighted by Gasteiger charge is -2.55. The highest BCUT2D eigenvalue weighted by molar-refractivity contribution is 5.73. The van der Waals surface area contributed by atoms with Gasteiger partial charge in [0.25, 0.3) is 0 Å². The van der Waals surface area contributed by atoms with Crippen molar-refractivity contribution in [1.82, 2.24) is 0 Å².